The maximum absolute atomic E-state index is 4.81. The van der Waals surface area contributed by atoms with Gasteiger partial charge in [-0.3, -0.25) is 9.98 Å². The van der Waals surface area contributed by atoms with E-state index in [1.165, 1.54) is 0 Å². The van der Waals surface area contributed by atoms with Gasteiger partial charge in [-0.2, -0.15) is 0 Å². The number of aromatic nitrogens is 1. The molecule has 134 valence electrons. The third kappa shape index (κ3) is 4.57. The first-order valence-electron chi connectivity index (χ1n) is 8.69. The van der Waals surface area contributed by atoms with E-state index < -0.39 is 0 Å². The first kappa shape index (κ1) is 19.4. The lowest BCUT2D eigenvalue weighted by Gasteiger charge is -2.11. The molecule has 0 atom stereocenters. The normalized spacial score (nSPS) is 12.5. The minimum atomic E-state index is 0.945. The summed E-state index contributed by atoms with van der Waals surface area (Å²) in [5, 5.41) is 0. The fourth-order valence-electron chi connectivity index (χ4n) is 2.82. The number of nitrogens with zero attached hydrogens (tertiary/aromatic N) is 3. The highest BCUT2D eigenvalue weighted by molar-refractivity contribution is 6.09. The van der Waals surface area contributed by atoms with Crippen molar-refractivity contribution in [1.29, 1.82) is 0 Å². The Morgan fingerprint density at radius 2 is 1.96 bits per heavy atom. The van der Waals surface area contributed by atoms with Gasteiger partial charge in [-0.1, -0.05) is 36.9 Å². The van der Waals surface area contributed by atoms with Gasteiger partial charge < -0.3 is 4.90 Å². The summed E-state index contributed by atoms with van der Waals surface area (Å²) in [6.07, 6.45) is 7.94. The van der Waals surface area contributed by atoms with Crippen molar-refractivity contribution in [3.05, 3.63) is 84.2 Å². The zero-order valence-electron chi connectivity index (χ0n) is 16.3. The largest absolute Gasteiger partial charge is 0.383 e. The lowest BCUT2D eigenvalue weighted by atomic mass is 10.0. The van der Waals surface area contributed by atoms with Gasteiger partial charge in [-0.15, -0.1) is 0 Å². The van der Waals surface area contributed by atoms with Crippen LogP contribution >= 0.6 is 0 Å². The van der Waals surface area contributed by atoms with Gasteiger partial charge in [-0.25, -0.2) is 0 Å². The SMILES string of the molecule is C=C/C(=C\N(C)C)c1cccc(-c2ccc(C(/C=C\C)=NC)c(C)n2)c1. The van der Waals surface area contributed by atoms with Crippen molar-refractivity contribution in [2.75, 3.05) is 21.1 Å². The van der Waals surface area contributed by atoms with Gasteiger partial charge in [0.2, 0.25) is 0 Å². The van der Waals surface area contributed by atoms with Crippen LogP contribution in [-0.4, -0.2) is 36.7 Å². The van der Waals surface area contributed by atoms with Crippen molar-refractivity contribution < 1.29 is 0 Å². The Balaban J connectivity index is 2.45. The van der Waals surface area contributed by atoms with Crippen LogP contribution in [0.1, 0.15) is 23.7 Å². The number of allylic oxidation sites excluding steroid dienone is 4. The van der Waals surface area contributed by atoms with Crippen molar-refractivity contribution in [2.45, 2.75) is 13.8 Å². The highest BCUT2D eigenvalue weighted by atomic mass is 15.0. The first-order valence-corrected chi connectivity index (χ1v) is 8.69. The van der Waals surface area contributed by atoms with Crippen molar-refractivity contribution in [3.8, 4) is 11.3 Å². The molecule has 0 aliphatic heterocycles. The van der Waals surface area contributed by atoms with Gasteiger partial charge in [0.15, 0.2) is 0 Å². The lowest BCUT2D eigenvalue weighted by molar-refractivity contribution is 0.566. The molecule has 0 unspecified atom stereocenters. The summed E-state index contributed by atoms with van der Waals surface area (Å²) < 4.78 is 0. The molecule has 26 heavy (non-hydrogen) atoms. The third-order valence-electron chi connectivity index (χ3n) is 4.04. The lowest BCUT2D eigenvalue weighted by Crippen LogP contribution is -2.03. The van der Waals surface area contributed by atoms with Gasteiger partial charge in [-0.05, 0) is 49.3 Å². The van der Waals surface area contributed by atoms with E-state index in [2.05, 4.69) is 54.2 Å². The van der Waals surface area contributed by atoms with Gasteiger partial charge in [0, 0.05) is 44.2 Å². The number of aryl methyl sites for hydroxylation is 1. The molecule has 0 amide bonds. The summed E-state index contributed by atoms with van der Waals surface area (Å²) in [7, 11) is 5.82. The summed E-state index contributed by atoms with van der Waals surface area (Å²) in [4.78, 5) is 11.2. The summed E-state index contributed by atoms with van der Waals surface area (Å²) in [6.45, 7) is 7.95. The minimum absolute atomic E-state index is 0.945. The molecule has 0 saturated heterocycles. The molecular weight excluding hydrogens is 318 g/mol. The molecule has 1 aromatic carbocycles. The highest BCUT2D eigenvalue weighted by Gasteiger charge is 2.08. The maximum atomic E-state index is 4.81. The molecule has 2 aromatic rings. The molecule has 0 aliphatic rings. The molecular formula is C23H27N3. The van der Waals surface area contributed by atoms with Gasteiger partial charge >= 0.3 is 0 Å². The Hall–Kier alpha value is -2.94. The average Bonchev–Trinajstić information content (AvgIpc) is 2.64. The van der Waals surface area contributed by atoms with E-state index in [1.807, 2.05) is 51.1 Å². The molecule has 1 aromatic heterocycles. The first-order chi connectivity index (χ1) is 12.5. The minimum Gasteiger partial charge on any atom is -0.383 e. The van der Waals surface area contributed by atoms with Crippen LogP contribution in [0.5, 0.6) is 0 Å². The Labute approximate surface area is 157 Å². The Kier molecular flexibility index (Phi) is 6.67. The van der Waals surface area contributed by atoms with E-state index in [-0.39, 0.29) is 0 Å². The molecule has 0 fully saturated rings. The van der Waals surface area contributed by atoms with Gasteiger partial charge in [0.1, 0.15) is 0 Å². The molecule has 0 N–H and O–H groups in total. The average molecular weight is 345 g/mol. The second-order valence-corrected chi connectivity index (χ2v) is 6.27. The van der Waals surface area contributed by atoms with E-state index in [4.69, 9.17) is 4.98 Å². The van der Waals surface area contributed by atoms with E-state index in [0.717, 1.165) is 39.4 Å². The zero-order chi connectivity index (χ0) is 19.1. The molecule has 0 saturated carbocycles. The van der Waals surface area contributed by atoms with Crippen LogP contribution in [-0.2, 0) is 0 Å². The summed E-state index contributed by atoms with van der Waals surface area (Å²) in [5.74, 6) is 0. The van der Waals surface area contributed by atoms with Gasteiger partial charge in [0.25, 0.3) is 0 Å². The summed E-state index contributed by atoms with van der Waals surface area (Å²) in [5.41, 5.74) is 7.23. The van der Waals surface area contributed by atoms with Crippen molar-refractivity contribution >= 4 is 11.3 Å². The molecule has 0 radical (unpaired) electrons. The molecule has 1 heterocycles. The Morgan fingerprint density at radius 1 is 1.19 bits per heavy atom. The van der Waals surface area contributed by atoms with Crippen molar-refractivity contribution in [3.63, 3.8) is 0 Å². The van der Waals surface area contributed by atoms with Gasteiger partial charge in [0.05, 0.1) is 11.4 Å². The van der Waals surface area contributed by atoms with Crippen LogP contribution in [0.3, 0.4) is 0 Å². The molecule has 3 nitrogen and oxygen atoms in total. The van der Waals surface area contributed by atoms with E-state index in [9.17, 15) is 0 Å². The third-order valence-corrected chi connectivity index (χ3v) is 4.04. The Bertz CT molecular complexity index is 871. The number of aliphatic imine (C=N–C) groups is 1. The molecule has 3 heteroatoms. The predicted molar refractivity (Wildman–Crippen MR) is 114 cm³/mol. The predicted octanol–water partition coefficient (Wildman–Crippen LogP) is 5.14. The van der Waals surface area contributed by atoms with Crippen LogP contribution in [0.2, 0.25) is 0 Å². The van der Waals surface area contributed by atoms with Crippen LogP contribution in [0.25, 0.3) is 16.8 Å². The fraction of sp³-hybridized carbons (Fsp3) is 0.217. The summed E-state index contributed by atoms with van der Waals surface area (Å²) >= 11 is 0. The number of benzene rings is 1. The van der Waals surface area contributed by atoms with E-state index >= 15 is 0 Å². The van der Waals surface area contributed by atoms with E-state index in [0.29, 0.717) is 0 Å². The van der Waals surface area contributed by atoms with Crippen molar-refractivity contribution in [1.82, 2.24) is 9.88 Å². The monoisotopic (exact) mass is 345 g/mol. The van der Waals surface area contributed by atoms with Crippen LogP contribution in [0.4, 0.5) is 0 Å². The molecule has 0 spiro atoms. The maximum Gasteiger partial charge on any atom is 0.0705 e. The number of rotatable bonds is 6. The number of hydrogen-bond donors (Lipinski definition) is 0. The Morgan fingerprint density at radius 3 is 2.54 bits per heavy atom. The second-order valence-electron chi connectivity index (χ2n) is 6.27. The number of pyridine rings is 1. The zero-order valence-corrected chi connectivity index (χ0v) is 16.3. The number of hydrogen-bond acceptors (Lipinski definition) is 3. The quantitative estimate of drug-likeness (QED) is 0.536. The highest BCUT2D eigenvalue weighted by Crippen LogP contribution is 2.24. The molecule has 2 rings (SSSR count). The van der Waals surface area contributed by atoms with Crippen molar-refractivity contribution in [2.24, 2.45) is 4.99 Å². The van der Waals surface area contributed by atoms with Crippen LogP contribution in [0.15, 0.2) is 72.4 Å². The topological polar surface area (TPSA) is 28.5 Å². The molecule has 0 bridgehead atoms. The fourth-order valence-corrected chi connectivity index (χ4v) is 2.82. The van der Waals surface area contributed by atoms with Crippen LogP contribution < -0.4 is 0 Å². The molecule has 0 aliphatic carbocycles. The second kappa shape index (κ2) is 8.95. The van der Waals surface area contributed by atoms with E-state index in [1.54, 1.807) is 7.05 Å². The van der Waals surface area contributed by atoms with Crippen LogP contribution in [0, 0.1) is 6.92 Å². The standard InChI is InChI=1S/C23H27N3/c1-7-10-23(24-4)21-13-14-22(25-17(21)3)20-12-9-11-19(15-20)18(8-2)16-26(5)6/h7-16H,2H2,1,3-6H3/b10-7-,18-16+,24-23?. The summed E-state index contributed by atoms with van der Waals surface area (Å²) in [6, 6.07) is 12.5. The smallest absolute Gasteiger partial charge is 0.0705 e.